The molecule has 6 heteroatoms. The van der Waals surface area contributed by atoms with Crippen molar-refractivity contribution in [3.8, 4) is 0 Å². The highest BCUT2D eigenvalue weighted by Crippen LogP contribution is 2.18. The summed E-state index contributed by atoms with van der Waals surface area (Å²) in [5, 5.41) is 0. The Balaban J connectivity index is 2.24. The van der Waals surface area contributed by atoms with Crippen molar-refractivity contribution in [2.75, 3.05) is 0 Å². The van der Waals surface area contributed by atoms with Gasteiger partial charge in [-0.25, -0.2) is 4.98 Å². The van der Waals surface area contributed by atoms with Gasteiger partial charge in [0.05, 0.1) is 23.4 Å². The molecule has 4 nitrogen and oxygen atoms in total. The minimum Gasteiger partial charge on any atom is -0.291 e. The van der Waals surface area contributed by atoms with Gasteiger partial charge in [0.25, 0.3) is 5.56 Å². The van der Waals surface area contributed by atoms with Gasteiger partial charge in [-0.1, -0.05) is 6.92 Å². The summed E-state index contributed by atoms with van der Waals surface area (Å²) < 4.78 is 1.73. The van der Waals surface area contributed by atoms with Gasteiger partial charge in [-0.15, -0.1) is 11.3 Å². The van der Waals surface area contributed by atoms with Gasteiger partial charge >= 0.3 is 0 Å². The van der Waals surface area contributed by atoms with Crippen molar-refractivity contribution in [1.29, 1.82) is 0 Å². The fourth-order valence-electron chi connectivity index (χ4n) is 1.61. The zero-order chi connectivity index (χ0) is 14.0. The molecule has 2 rings (SSSR count). The highest BCUT2D eigenvalue weighted by Gasteiger charge is 2.12. The molecule has 2 aromatic heterocycles. The normalized spacial score (nSPS) is 10.7. The molecule has 0 N–H and O–H groups in total. The number of carbonyl (C=O) groups excluding carboxylic acids is 1. The Morgan fingerprint density at radius 2 is 2.21 bits per heavy atom. The SMILES string of the molecule is CCc1ccc(C(=O)Cn2cnc(C)c(Br)c2=O)s1. The molecule has 0 aromatic carbocycles. The Bertz CT molecular complexity index is 676. The van der Waals surface area contributed by atoms with Crippen molar-refractivity contribution < 1.29 is 4.79 Å². The second-order valence-electron chi connectivity index (χ2n) is 4.12. The molecule has 0 amide bonds. The molecule has 0 saturated heterocycles. The number of carbonyl (C=O) groups is 1. The molecule has 0 atom stereocenters. The largest absolute Gasteiger partial charge is 0.291 e. The van der Waals surface area contributed by atoms with Gasteiger partial charge in [0.2, 0.25) is 0 Å². The van der Waals surface area contributed by atoms with Gasteiger partial charge in [0.1, 0.15) is 4.47 Å². The predicted octanol–water partition coefficient (Wildman–Crippen LogP) is 2.82. The van der Waals surface area contributed by atoms with E-state index in [1.165, 1.54) is 27.1 Å². The second kappa shape index (κ2) is 5.79. The quantitative estimate of drug-likeness (QED) is 0.804. The maximum atomic E-state index is 12.1. The van der Waals surface area contributed by atoms with Gasteiger partial charge in [0, 0.05) is 4.88 Å². The van der Waals surface area contributed by atoms with Crippen LogP contribution in [-0.2, 0) is 13.0 Å². The van der Waals surface area contributed by atoms with Gasteiger partial charge in [-0.3, -0.25) is 14.2 Å². The highest BCUT2D eigenvalue weighted by atomic mass is 79.9. The lowest BCUT2D eigenvalue weighted by Gasteiger charge is -2.05. The Hall–Kier alpha value is -1.27. The van der Waals surface area contributed by atoms with Crippen LogP contribution >= 0.6 is 27.3 Å². The average Bonchev–Trinajstić information content (AvgIpc) is 2.88. The molecular formula is C13H13BrN2O2S. The Morgan fingerprint density at radius 3 is 2.84 bits per heavy atom. The van der Waals surface area contributed by atoms with Gasteiger partial charge in [0.15, 0.2) is 5.78 Å². The number of Topliss-reactive ketones (excluding diaryl/α,β-unsaturated/α-hetero) is 1. The molecule has 0 bridgehead atoms. The number of aromatic nitrogens is 2. The summed E-state index contributed by atoms with van der Waals surface area (Å²) in [6, 6.07) is 3.76. The highest BCUT2D eigenvalue weighted by molar-refractivity contribution is 9.10. The fourth-order valence-corrected chi connectivity index (χ4v) is 2.82. The summed E-state index contributed by atoms with van der Waals surface area (Å²) in [6.45, 7) is 3.81. The van der Waals surface area contributed by atoms with Crippen LogP contribution in [0.15, 0.2) is 27.7 Å². The Labute approximate surface area is 123 Å². The molecule has 0 fully saturated rings. The molecule has 19 heavy (non-hydrogen) atoms. The first-order chi connectivity index (χ1) is 9.02. The summed E-state index contributed by atoms with van der Waals surface area (Å²) in [5.74, 6) is -0.0654. The third-order valence-corrected chi connectivity index (χ3v) is 4.94. The van der Waals surface area contributed by atoms with Crippen LogP contribution in [0.2, 0.25) is 0 Å². The first-order valence-corrected chi connectivity index (χ1v) is 7.47. The third kappa shape index (κ3) is 3.01. The van der Waals surface area contributed by atoms with Crippen molar-refractivity contribution in [2.45, 2.75) is 26.8 Å². The number of thiophene rings is 1. The lowest BCUT2D eigenvalue weighted by molar-refractivity contribution is 0.0974. The number of rotatable bonds is 4. The Kier molecular flexibility index (Phi) is 4.31. The number of aryl methyl sites for hydroxylation is 2. The predicted molar refractivity (Wildman–Crippen MR) is 79.0 cm³/mol. The number of hydrogen-bond donors (Lipinski definition) is 0. The summed E-state index contributed by atoms with van der Waals surface area (Å²) in [7, 11) is 0. The van der Waals surface area contributed by atoms with Crippen LogP contribution in [0.5, 0.6) is 0 Å². The van der Waals surface area contributed by atoms with Crippen LogP contribution in [0.1, 0.15) is 27.2 Å². The Morgan fingerprint density at radius 1 is 1.47 bits per heavy atom. The average molecular weight is 341 g/mol. The molecule has 0 saturated carbocycles. The first kappa shape index (κ1) is 14.1. The smallest absolute Gasteiger partial charge is 0.268 e. The molecule has 0 aliphatic rings. The monoisotopic (exact) mass is 340 g/mol. The van der Waals surface area contributed by atoms with Crippen molar-refractivity contribution in [3.63, 3.8) is 0 Å². The van der Waals surface area contributed by atoms with E-state index < -0.39 is 0 Å². The summed E-state index contributed by atoms with van der Waals surface area (Å²) >= 11 is 4.66. The summed E-state index contributed by atoms with van der Waals surface area (Å²) in [6.07, 6.45) is 2.32. The minimum absolute atomic E-state index is 0.0222. The maximum absolute atomic E-state index is 12.1. The van der Waals surface area contributed by atoms with Crippen LogP contribution in [-0.4, -0.2) is 15.3 Å². The van der Waals surface area contributed by atoms with E-state index in [9.17, 15) is 9.59 Å². The van der Waals surface area contributed by atoms with E-state index in [0.29, 0.717) is 15.0 Å². The van der Waals surface area contributed by atoms with Crippen LogP contribution in [0.3, 0.4) is 0 Å². The van der Waals surface area contributed by atoms with Gasteiger partial charge < -0.3 is 0 Å². The summed E-state index contributed by atoms with van der Waals surface area (Å²) in [5.41, 5.74) is 0.395. The standard InChI is InChI=1S/C13H13BrN2O2S/c1-3-9-4-5-11(19-9)10(17)6-16-7-15-8(2)12(14)13(16)18/h4-5,7H,3,6H2,1-2H3. The molecule has 0 unspecified atom stereocenters. The van der Waals surface area contributed by atoms with E-state index in [1.54, 1.807) is 6.92 Å². The molecule has 2 aromatic rings. The van der Waals surface area contributed by atoms with Crippen molar-refractivity contribution in [2.24, 2.45) is 0 Å². The molecule has 100 valence electrons. The van der Waals surface area contributed by atoms with Crippen LogP contribution in [0, 0.1) is 6.92 Å². The van der Waals surface area contributed by atoms with Crippen molar-refractivity contribution in [1.82, 2.24) is 9.55 Å². The number of halogens is 1. The molecular weight excluding hydrogens is 328 g/mol. The van der Waals surface area contributed by atoms with Crippen molar-refractivity contribution in [3.05, 3.63) is 48.7 Å². The number of ketones is 1. The fraction of sp³-hybridized carbons (Fsp3) is 0.308. The molecule has 0 radical (unpaired) electrons. The second-order valence-corrected chi connectivity index (χ2v) is 6.08. The lowest BCUT2D eigenvalue weighted by atomic mass is 10.3. The molecule has 0 aliphatic heterocycles. The zero-order valence-corrected chi connectivity index (χ0v) is 13.0. The minimum atomic E-state index is -0.229. The lowest BCUT2D eigenvalue weighted by Crippen LogP contribution is -2.25. The van der Waals surface area contributed by atoms with E-state index in [1.807, 2.05) is 19.1 Å². The van der Waals surface area contributed by atoms with Crippen LogP contribution < -0.4 is 5.56 Å². The van der Waals surface area contributed by atoms with Crippen molar-refractivity contribution >= 4 is 33.0 Å². The molecule has 2 heterocycles. The van der Waals surface area contributed by atoms with E-state index in [-0.39, 0.29) is 17.9 Å². The number of nitrogens with zero attached hydrogens (tertiary/aromatic N) is 2. The molecule has 0 aliphatic carbocycles. The molecule has 0 spiro atoms. The number of hydrogen-bond acceptors (Lipinski definition) is 4. The van der Waals surface area contributed by atoms with Crippen LogP contribution in [0.25, 0.3) is 0 Å². The van der Waals surface area contributed by atoms with E-state index in [2.05, 4.69) is 20.9 Å². The van der Waals surface area contributed by atoms with Crippen LogP contribution in [0.4, 0.5) is 0 Å². The van der Waals surface area contributed by atoms with Gasteiger partial charge in [-0.05, 0) is 41.4 Å². The van der Waals surface area contributed by atoms with E-state index >= 15 is 0 Å². The van der Waals surface area contributed by atoms with Gasteiger partial charge in [-0.2, -0.15) is 0 Å². The first-order valence-electron chi connectivity index (χ1n) is 5.86. The maximum Gasteiger partial charge on any atom is 0.268 e. The van der Waals surface area contributed by atoms with E-state index in [4.69, 9.17) is 0 Å². The summed E-state index contributed by atoms with van der Waals surface area (Å²) in [4.78, 5) is 30.0. The zero-order valence-electron chi connectivity index (χ0n) is 10.6. The van der Waals surface area contributed by atoms with E-state index in [0.717, 1.165) is 6.42 Å². The third-order valence-electron chi connectivity index (χ3n) is 2.76. The topological polar surface area (TPSA) is 52.0 Å².